The number of aliphatic hydroxyl groups excluding tert-OH is 1. The maximum atomic E-state index is 9.02. The van der Waals surface area contributed by atoms with Crippen LogP contribution < -0.4 is 5.32 Å². The zero-order valence-electron chi connectivity index (χ0n) is 14.5. The van der Waals surface area contributed by atoms with Crippen molar-refractivity contribution < 1.29 is 5.11 Å². The number of likely N-dealkylation sites (tertiary alicyclic amines) is 1. The Labute approximate surface area is 141 Å². The number of hydrogen-bond donors (Lipinski definition) is 2. The molecule has 128 valence electrons. The summed E-state index contributed by atoms with van der Waals surface area (Å²) < 4.78 is 0. The molecular formula is C20H32N2O. The van der Waals surface area contributed by atoms with Gasteiger partial charge < -0.3 is 15.3 Å². The summed E-state index contributed by atoms with van der Waals surface area (Å²) in [5.41, 5.74) is 1.85. The highest BCUT2D eigenvalue weighted by Gasteiger charge is 2.36. The first-order chi connectivity index (χ1) is 11.2. The largest absolute Gasteiger partial charge is 0.395 e. The van der Waals surface area contributed by atoms with Gasteiger partial charge in [-0.25, -0.2) is 0 Å². The zero-order chi connectivity index (χ0) is 16.1. The molecule has 0 aromatic heterocycles. The fourth-order valence-electron chi connectivity index (χ4n) is 4.41. The van der Waals surface area contributed by atoms with Crippen LogP contribution in [0.5, 0.6) is 0 Å². The molecule has 0 bridgehead atoms. The van der Waals surface area contributed by atoms with Crippen molar-refractivity contribution in [1.82, 2.24) is 10.2 Å². The molecule has 2 aliphatic rings. The number of piperidine rings is 1. The SMILES string of the molecule is CC1(c2ccccc2)CCC(NCC2CCN(CCO)CC2)C1. The Hall–Kier alpha value is -0.900. The number of rotatable bonds is 6. The predicted molar refractivity (Wildman–Crippen MR) is 95.7 cm³/mol. The van der Waals surface area contributed by atoms with Gasteiger partial charge in [0.1, 0.15) is 0 Å². The number of aliphatic hydroxyl groups is 1. The minimum atomic E-state index is 0.295. The third-order valence-electron chi connectivity index (χ3n) is 6.03. The lowest BCUT2D eigenvalue weighted by atomic mass is 9.81. The lowest BCUT2D eigenvalue weighted by Gasteiger charge is -2.32. The smallest absolute Gasteiger partial charge is 0.0558 e. The van der Waals surface area contributed by atoms with Gasteiger partial charge in [0.2, 0.25) is 0 Å². The number of nitrogens with one attached hydrogen (secondary N) is 1. The molecule has 2 atom stereocenters. The van der Waals surface area contributed by atoms with Crippen LogP contribution in [-0.2, 0) is 5.41 Å². The van der Waals surface area contributed by atoms with Gasteiger partial charge in [0.15, 0.2) is 0 Å². The van der Waals surface area contributed by atoms with Crippen molar-refractivity contribution >= 4 is 0 Å². The third kappa shape index (κ3) is 4.34. The van der Waals surface area contributed by atoms with Gasteiger partial charge in [-0.05, 0) is 68.6 Å². The van der Waals surface area contributed by atoms with Crippen LogP contribution in [0.25, 0.3) is 0 Å². The molecule has 1 aliphatic heterocycles. The van der Waals surface area contributed by atoms with Gasteiger partial charge in [-0.2, -0.15) is 0 Å². The fraction of sp³-hybridized carbons (Fsp3) is 0.700. The first-order valence-corrected chi connectivity index (χ1v) is 9.32. The van der Waals surface area contributed by atoms with Crippen LogP contribution in [0.15, 0.2) is 30.3 Å². The van der Waals surface area contributed by atoms with Crippen molar-refractivity contribution in [3.05, 3.63) is 35.9 Å². The Morgan fingerprint density at radius 3 is 2.61 bits per heavy atom. The Bertz CT molecular complexity index is 470. The highest BCUT2D eigenvalue weighted by molar-refractivity contribution is 5.26. The van der Waals surface area contributed by atoms with Crippen LogP contribution in [0.4, 0.5) is 0 Å². The second-order valence-electron chi connectivity index (χ2n) is 7.78. The van der Waals surface area contributed by atoms with Crippen LogP contribution >= 0.6 is 0 Å². The van der Waals surface area contributed by atoms with Crippen LogP contribution in [0.2, 0.25) is 0 Å². The molecule has 1 saturated carbocycles. The van der Waals surface area contributed by atoms with Crippen molar-refractivity contribution in [1.29, 1.82) is 0 Å². The van der Waals surface area contributed by atoms with Crippen molar-refractivity contribution in [3.63, 3.8) is 0 Å². The average Bonchev–Trinajstić information content (AvgIpc) is 2.98. The predicted octanol–water partition coefficient (Wildman–Crippen LogP) is 2.79. The molecule has 2 fully saturated rings. The van der Waals surface area contributed by atoms with E-state index in [1.807, 2.05) is 0 Å². The highest BCUT2D eigenvalue weighted by atomic mass is 16.3. The fourth-order valence-corrected chi connectivity index (χ4v) is 4.41. The monoisotopic (exact) mass is 316 g/mol. The van der Waals surface area contributed by atoms with Gasteiger partial charge in [0.05, 0.1) is 6.61 Å². The molecular weight excluding hydrogens is 284 g/mol. The summed E-state index contributed by atoms with van der Waals surface area (Å²) in [7, 11) is 0. The van der Waals surface area contributed by atoms with E-state index in [0.717, 1.165) is 25.6 Å². The minimum Gasteiger partial charge on any atom is -0.395 e. The van der Waals surface area contributed by atoms with Crippen molar-refractivity contribution in [2.45, 2.75) is 50.5 Å². The van der Waals surface area contributed by atoms with Gasteiger partial charge in [0, 0.05) is 12.6 Å². The molecule has 0 amide bonds. The first kappa shape index (κ1) is 16.9. The average molecular weight is 316 g/mol. The topological polar surface area (TPSA) is 35.5 Å². The molecule has 23 heavy (non-hydrogen) atoms. The summed E-state index contributed by atoms with van der Waals surface area (Å²) in [6.45, 7) is 7.04. The van der Waals surface area contributed by atoms with Gasteiger partial charge in [-0.3, -0.25) is 0 Å². The van der Waals surface area contributed by atoms with Gasteiger partial charge in [-0.1, -0.05) is 37.3 Å². The number of hydrogen-bond acceptors (Lipinski definition) is 3. The second-order valence-corrected chi connectivity index (χ2v) is 7.78. The van der Waals surface area contributed by atoms with E-state index in [4.69, 9.17) is 5.11 Å². The van der Waals surface area contributed by atoms with E-state index in [-0.39, 0.29) is 0 Å². The van der Waals surface area contributed by atoms with Crippen molar-refractivity contribution in [2.24, 2.45) is 5.92 Å². The quantitative estimate of drug-likeness (QED) is 0.847. The van der Waals surface area contributed by atoms with Crippen molar-refractivity contribution in [3.8, 4) is 0 Å². The van der Waals surface area contributed by atoms with E-state index in [1.54, 1.807) is 0 Å². The third-order valence-corrected chi connectivity index (χ3v) is 6.03. The minimum absolute atomic E-state index is 0.295. The molecule has 0 radical (unpaired) electrons. The molecule has 1 heterocycles. The molecule has 1 aromatic rings. The molecule has 3 rings (SSSR count). The Balaban J connectivity index is 1.43. The van der Waals surface area contributed by atoms with Crippen LogP contribution in [-0.4, -0.2) is 48.8 Å². The Morgan fingerprint density at radius 2 is 1.91 bits per heavy atom. The Morgan fingerprint density at radius 1 is 1.17 bits per heavy atom. The molecule has 1 aromatic carbocycles. The summed E-state index contributed by atoms with van der Waals surface area (Å²) >= 11 is 0. The molecule has 1 saturated heterocycles. The highest BCUT2D eigenvalue weighted by Crippen LogP contribution is 2.40. The molecule has 2 N–H and O–H groups in total. The maximum absolute atomic E-state index is 9.02. The summed E-state index contributed by atoms with van der Waals surface area (Å²) in [4.78, 5) is 2.39. The van der Waals surface area contributed by atoms with E-state index in [9.17, 15) is 0 Å². The number of β-amino-alcohol motifs (C(OH)–C–C–N with tert-alkyl or cyclic N) is 1. The summed E-state index contributed by atoms with van der Waals surface area (Å²) in [5.74, 6) is 0.813. The van der Waals surface area contributed by atoms with Crippen LogP contribution in [0, 0.1) is 5.92 Å². The molecule has 0 spiro atoms. The van der Waals surface area contributed by atoms with E-state index in [0.29, 0.717) is 18.1 Å². The maximum Gasteiger partial charge on any atom is 0.0558 e. The Kier molecular flexibility index (Phi) is 5.73. The molecule has 3 heteroatoms. The van der Waals surface area contributed by atoms with E-state index < -0.39 is 0 Å². The van der Waals surface area contributed by atoms with Gasteiger partial charge >= 0.3 is 0 Å². The number of nitrogens with zero attached hydrogens (tertiary/aromatic N) is 1. The van der Waals surface area contributed by atoms with E-state index in [2.05, 4.69) is 47.5 Å². The second kappa shape index (κ2) is 7.78. The van der Waals surface area contributed by atoms with Crippen molar-refractivity contribution in [2.75, 3.05) is 32.8 Å². The van der Waals surface area contributed by atoms with Crippen LogP contribution in [0.1, 0.15) is 44.6 Å². The lowest BCUT2D eigenvalue weighted by molar-refractivity contribution is 0.145. The summed E-state index contributed by atoms with van der Waals surface area (Å²) in [6.07, 6.45) is 6.41. The molecule has 2 unspecified atom stereocenters. The van der Waals surface area contributed by atoms with Crippen LogP contribution in [0.3, 0.4) is 0 Å². The lowest BCUT2D eigenvalue weighted by Crippen LogP contribution is -2.40. The normalized spacial score (nSPS) is 29.9. The van der Waals surface area contributed by atoms with Gasteiger partial charge in [-0.15, -0.1) is 0 Å². The molecule has 3 nitrogen and oxygen atoms in total. The van der Waals surface area contributed by atoms with Gasteiger partial charge in [0.25, 0.3) is 0 Å². The standard InChI is InChI=1S/C20H32N2O/c1-20(18-5-3-2-4-6-18)10-7-19(15-20)21-16-17-8-11-22(12-9-17)13-14-23/h2-6,17,19,21,23H,7-16H2,1H3. The number of benzene rings is 1. The van der Waals surface area contributed by atoms with E-state index in [1.165, 1.54) is 44.2 Å². The first-order valence-electron chi connectivity index (χ1n) is 9.32. The summed E-state index contributed by atoms with van der Waals surface area (Å²) in [6, 6.07) is 11.7. The molecule has 1 aliphatic carbocycles. The summed E-state index contributed by atoms with van der Waals surface area (Å²) in [5, 5.41) is 12.9. The zero-order valence-corrected chi connectivity index (χ0v) is 14.5. The van der Waals surface area contributed by atoms with E-state index >= 15 is 0 Å².